The minimum Gasteiger partial charge on any atom is -0.497 e. The number of hydrogen-bond donors (Lipinski definition) is 2. The number of aromatic nitrogens is 2. The second kappa shape index (κ2) is 9.81. The summed E-state index contributed by atoms with van der Waals surface area (Å²) in [6, 6.07) is 17.7. The van der Waals surface area contributed by atoms with E-state index in [2.05, 4.69) is 15.5 Å². The van der Waals surface area contributed by atoms with Crippen LogP contribution in [0.5, 0.6) is 11.5 Å². The fraction of sp³-hybridized carbons (Fsp3) is 0.310. The van der Waals surface area contributed by atoms with E-state index in [1.165, 1.54) is 0 Å². The summed E-state index contributed by atoms with van der Waals surface area (Å²) in [4.78, 5) is 0. The molecule has 0 saturated carbocycles. The van der Waals surface area contributed by atoms with Crippen LogP contribution < -0.4 is 26.0 Å². The molecule has 38 heavy (non-hydrogen) atoms. The Labute approximate surface area is 223 Å². The fourth-order valence-corrected chi connectivity index (χ4v) is 4.51. The summed E-state index contributed by atoms with van der Waals surface area (Å²) in [5.41, 5.74) is 11.6. The Morgan fingerprint density at radius 1 is 0.921 bits per heavy atom. The minimum absolute atomic E-state index is 0.420. The van der Waals surface area contributed by atoms with Crippen molar-refractivity contribution in [3.63, 3.8) is 0 Å². The maximum absolute atomic E-state index is 6.41. The molecule has 0 aliphatic carbocycles. The number of ether oxygens (including phenoxy) is 2. The largest absolute Gasteiger partial charge is 0.497 e. The van der Waals surface area contributed by atoms with Gasteiger partial charge in [0.15, 0.2) is 0 Å². The Balaban J connectivity index is 1.42. The number of benzene rings is 3. The molecule has 3 aromatic carbocycles. The first-order valence-electron chi connectivity index (χ1n) is 12.6. The number of fused-ring (bicyclic) bond motifs is 1. The van der Waals surface area contributed by atoms with Crippen LogP contribution in [-0.4, -0.2) is 42.7 Å². The smallest absolute Gasteiger partial charge is 0.494 e. The van der Waals surface area contributed by atoms with Gasteiger partial charge in [-0.1, -0.05) is 18.2 Å². The fourth-order valence-electron chi connectivity index (χ4n) is 4.51. The second-order valence-electron chi connectivity index (χ2n) is 10.5. The SMILES string of the molecule is COc1ccc(CNc2cnnc3cc(-c4cc(B5OC(C)(C)C(C)(C)O5)ccc4N)ccc23)c(OC)c1. The van der Waals surface area contributed by atoms with Crippen molar-refractivity contribution in [1.29, 1.82) is 0 Å². The number of anilines is 2. The van der Waals surface area contributed by atoms with Crippen molar-refractivity contribution in [1.82, 2.24) is 10.2 Å². The molecule has 1 aliphatic rings. The van der Waals surface area contributed by atoms with Crippen molar-refractivity contribution in [3.8, 4) is 22.6 Å². The molecule has 4 aromatic rings. The van der Waals surface area contributed by atoms with Crippen molar-refractivity contribution in [2.45, 2.75) is 45.4 Å². The molecule has 0 amide bonds. The van der Waals surface area contributed by atoms with E-state index in [1.54, 1.807) is 20.4 Å². The van der Waals surface area contributed by atoms with E-state index in [0.29, 0.717) is 12.2 Å². The van der Waals surface area contributed by atoms with Crippen molar-refractivity contribution in [2.24, 2.45) is 0 Å². The quantitative estimate of drug-likeness (QED) is 0.269. The lowest BCUT2D eigenvalue weighted by Gasteiger charge is -2.32. The third-order valence-electron chi connectivity index (χ3n) is 7.52. The number of nitrogens with zero attached hydrogens (tertiary/aromatic N) is 2. The van der Waals surface area contributed by atoms with Crippen LogP contribution in [-0.2, 0) is 15.9 Å². The van der Waals surface area contributed by atoms with E-state index in [4.69, 9.17) is 24.5 Å². The summed E-state index contributed by atoms with van der Waals surface area (Å²) >= 11 is 0. The zero-order valence-corrected chi connectivity index (χ0v) is 22.7. The number of nitrogens with two attached hydrogens (primary N) is 1. The lowest BCUT2D eigenvalue weighted by atomic mass is 9.77. The van der Waals surface area contributed by atoms with E-state index < -0.39 is 18.3 Å². The second-order valence-corrected chi connectivity index (χ2v) is 10.5. The van der Waals surface area contributed by atoms with E-state index in [0.717, 1.165) is 50.2 Å². The van der Waals surface area contributed by atoms with Gasteiger partial charge in [0.05, 0.1) is 42.8 Å². The molecule has 1 aliphatic heterocycles. The highest BCUT2D eigenvalue weighted by molar-refractivity contribution is 6.62. The highest BCUT2D eigenvalue weighted by Crippen LogP contribution is 2.37. The van der Waals surface area contributed by atoms with Gasteiger partial charge in [-0.3, -0.25) is 0 Å². The van der Waals surface area contributed by atoms with Crippen LogP contribution in [0.3, 0.4) is 0 Å². The van der Waals surface area contributed by atoms with Gasteiger partial charge in [-0.05, 0) is 69.1 Å². The number of hydrogen-bond acceptors (Lipinski definition) is 8. The molecule has 0 spiro atoms. The molecular formula is C29H33BN4O4. The van der Waals surface area contributed by atoms with Gasteiger partial charge in [0.1, 0.15) is 11.5 Å². The van der Waals surface area contributed by atoms with E-state index in [9.17, 15) is 0 Å². The Hall–Kier alpha value is -3.82. The average Bonchev–Trinajstić information content (AvgIpc) is 3.13. The molecule has 2 heterocycles. The zero-order valence-electron chi connectivity index (χ0n) is 22.7. The molecule has 0 radical (unpaired) electrons. The van der Waals surface area contributed by atoms with Gasteiger partial charge < -0.3 is 29.8 Å². The third-order valence-corrected chi connectivity index (χ3v) is 7.52. The van der Waals surface area contributed by atoms with Gasteiger partial charge in [-0.2, -0.15) is 10.2 Å². The monoisotopic (exact) mass is 512 g/mol. The number of nitrogen functional groups attached to an aromatic ring is 1. The average molecular weight is 512 g/mol. The molecule has 9 heteroatoms. The Bertz CT molecular complexity index is 1480. The highest BCUT2D eigenvalue weighted by atomic mass is 16.7. The standard InChI is InChI=1S/C29H33BN4O4/c1-28(2)29(3,4)38-30(37-28)20-9-12-24(31)23(14-20)18-8-11-22-25(13-18)34-33-17-26(22)32-16-19-7-10-21(35-5)15-27(19)36-6/h7-15,17H,16,31H2,1-6H3,(H,32,34). The van der Waals surface area contributed by atoms with Crippen LogP contribution in [0.2, 0.25) is 0 Å². The molecule has 5 rings (SSSR count). The van der Waals surface area contributed by atoms with Crippen LogP contribution in [0, 0.1) is 0 Å². The van der Waals surface area contributed by atoms with Crippen LogP contribution in [0.4, 0.5) is 11.4 Å². The lowest BCUT2D eigenvalue weighted by molar-refractivity contribution is 0.00578. The molecule has 0 atom stereocenters. The minimum atomic E-state index is -0.467. The highest BCUT2D eigenvalue weighted by Gasteiger charge is 2.51. The molecule has 1 saturated heterocycles. The summed E-state index contributed by atoms with van der Waals surface area (Å²) in [7, 11) is 2.82. The summed E-state index contributed by atoms with van der Waals surface area (Å²) in [5, 5.41) is 13.0. The van der Waals surface area contributed by atoms with E-state index in [1.807, 2.05) is 82.3 Å². The summed E-state index contributed by atoms with van der Waals surface area (Å²) < 4.78 is 23.3. The van der Waals surface area contributed by atoms with Gasteiger partial charge in [-0.15, -0.1) is 0 Å². The predicted molar refractivity (Wildman–Crippen MR) is 152 cm³/mol. The molecule has 1 aromatic heterocycles. The van der Waals surface area contributed by atoms with Crippen LogP contribution in [0.15, 0.2) is 60.8 Å². The first-order chi connectivity index (χ1) is 18.1. The molecular weight excluding hydrogens is 479 g/mol. The molecule has 0 bridgehead atoms. The summed E-state index contributed by atoms with van der Waals surface area (Å²) in [5.74, 6) is 1.50. The van der Waals surface area contributed by atoms with Gasteiger partial charge in [0.2, 0.25) is 0 Å². The van der Waals surface area contributed by atoms with E-state index in [-0.39, 0.29) is 0 Å². The van der Waals surface area contributed by atoms with Crippen molar-refractivity contribution < 1.29 is 18.8 Å². The number of nitrogens with one attached hydrogen (secondary N) is 1. The topological polar surface area (TPSA) is 101 Å². The Morgan fingerprint density at radius 2 is 1.68 bits per heavy atom. The molecule has 8 nitrogen and oxygen atoms in total. The Kier molecular flexibility index (Phi) is 6.67. The van der Waals surface area contributed by atoms with Crippen LogP contribution in [0.1, 0.15) is 33.3 Å². The lowest BCUT2D eigenvalue weighted by Crippen LogP contribution is -2.41. The maximum Gasteiger partial charge on any atom is 0.494 e. The van der Waals surface area contributed by atoms with Crippen molar-refractivity contribution in [3.05, 3.63) is 66.4 Å². The third kappa shape index (κ3) is 4.75. The van der Waals surface area contributed by atoms with E-state index >= 15 is 0 Å². The Morgan fingerprint density at radius 3 is 2.39 bits per heavy atom. The normalized spacial score (nSPS) is 16.0. The summed E-state index contributed by atoms with van der Waals surface area (Å²) in [6.07, 6.45) is 1.73. The molecule has 0 unspecified atom stereocenters. The van der Waals surface area contributed by atoms with Crippen molar-refractivity contribution >= 4 is 34.9 Å². The van der Waals surface area contributed by atoms with Gasteiger partial charge in [0, 0.05) is 34.8 Å². The maximum atomic E-state index is 6.41. The number of methoxy groups -OCH3 is 2. The molecule has 3 N–H and O–H groups in total. The molecule has 196 valence electrons. The van der Waals surface area contributed by atoms with Gasteiger partial charge >= 0.3 is 7.12 Å². The first kappa shape index (κ1) is 25.8. The summed E-state index contributed by atoms with van der Waals surface area (Å²) in [6.45, 7) is 8.74. The predicted octanol–water partition coefficient (Wildman–Crippen LogP) is 4.81. The van der Waals surface area contributed by atoms with Gasteiger partial charge in [-0.25, -0.2) is 0 Å². The first-order valence-corrected chi connectivity index (χ1v) is 12.6. The number of rotatable bonds is 7. The van der Waals surface area contributed by atoms with Gasteiger partial charge in [0.25, 0.3) is 0 Å². The van der Waals surface area contributed by atoms with Crippen molar-refractivity contribution in [2.75, 3.05) is 25.3 Å². The van der Waals surface area contributed by atoms with Crippen LogP contribution >= 0.6 is 0 Å². The molecule has 1 fully saturated rings. The van der Waals surface area contributed by atoms with Crippen LogP contribution in [0.25, 0.3) is 22.0 Å². The zero-order chi connectivity index (χ0) is 27.1.